The monoisotopic (exact) mass is 518 g/mol. The predicted octanol–water partition coefficient (Wildman–Crippen LogP) is 2.01. The molecule has 1 aliphatic rings. The fourth-order valence-corrected chi connectivity index (χ4v) is 5.68. The summed E-state index contributed by atoms with van der Waals surface area (Å²) in [7, 11) is -0.606. The van der Waals surface area contributed by atoms with Gasteiger partial charge in [-0.25, -0.2) is 17.7 Å². The molecule has 186 valence electrons. The Morgan fingerprint density at radius 3 is 2.46 bits per heavy atom. The first-order valence-electron chi connectivity index (χ1n) is 11.0. The summed E-state index contributed by atoms with van der Waals surface area (Å²) in [6.45, 7) is 4.33. The van der Waals surface area contributed by atoms with Crippen molar-refractivity contribution in [3.8, 4) is 0 Å². The second-order valence-corrected chi connectivity index (χ2v) is 11.5. The number of anilines is 1. The number of piperazine rings is 1. The molecular weight excluding hydrogens is 492 g/mol. The van der Waals surface area contributed by atoms with Crippen molar-refractivity contribution in [3.63, 3.8) is 0 Å². The SMILES string of the molecule is CN(C)S(=O)(=O)c1ccc(C(=O)NCCN2CCN(c3nc4ccc([N+](=O)[O-])cc4s3)CC2)cc1. The Morgan fingerprint density at radius 1 is 1.14 bits per heavy atom. The van der Waals surface area contributed by atoms with Crippen molar-refractivity contribution >= 4 is 48.3 Å². The fourth-order valence-electron chi connectivity index (χ4n) is 3.73. The summed E-state index contributed by atoms with van der Waals surface area (Å²) in [5, 5.41) is 14.7. The van der Waals surface area contributed by atoms with Gasteiger partial charge in [-0.2, -0.15) is 0 Å². The van der Waals surface area contributed by atoms with E-state index in [1.807, 2.05) is 0 Å². The van der Waals surface area contributed by atoms with E-state index >= 15 is 0 Å². The number of nitrogens with one attached hydrogen (secondary N) is 1. The van der Waals surface area contributed by atoms with Crippen molar-refractivity contribution in [2.75, 3.05) is 58.3 Å². The maximum absolute atomic E-state index is 12.4. The molecule has 13 heteroatoms. The van der Waals surface area contributed by atoms with Crippen LogP contribution in [0.25, 0.3) is 10.2 Å². The van der Waals surface area contributed by atoms with Crippen LogP contribution in [0.5, 0.6) is 0 Å². The molecule has 0 saturated carbocycles. The van der Waals surface area contributed by atoms with E-state index in [4.69, 9.17) is 0 Å². The molecule has 0 aliphatic carbocycles. The average Bonchev–Trinajstić information content (AvgIpc) is 3.28. The zero-order valence-electron chi connectivity index (χ0n) is 19.4. The number of nitrogens with zero attached hydrogens (tertiary/aromatic N) is 5. The van der Waals surface area contributed by atoms with Crippen LogP contribution in [0.4, 0.5) is 10.8 Å². The second-order valence-electron chi connectivity index (χ2n) is 8.30. The van der Waals surface area contributed by atoms with E-state index in [0.29, 0.717) is 18.7 Å². The molecule has 1 N–H and O–H groups in total. The van der Waals surface area contributed by atoms with Crippen molar-refractivity contribution in [1.29, 1.82) is 0 Å². The highest BCUT2D eigenvalue weighted by Gasteiger charge is 2.21. The highest BCUT2D eigenvalue weighted by Crippen LogP contribution is 2.31. The van der Waals surface area contributed by atoms with Crippen molar-refractivity contribution in [3.05, 3.63) is 58.1 Å². The molecule has 3 aromatic rings. The number of amides is 1. The van der Waals surface area contributed by atoms with Gasteiger partial charge in [0, 0.05) is 71.1 Å². The first kappa shape index (κ1) is 25.0. The number of carbonyl (C=O) groups excluding carboxylic acids is 1. The minimum absolute atomic E-state index is 0.0640. The third kappa shape index (κ3) is 5.59. The number of non-ortho nitro benzene ring substituents is 1. The Morgan fingerprint density at radius 2 is 1.83 bits per heavy atom. The Kier molecular flexibility index (Phi) is 7.31. The van der Waals surface area contributed by atoms with Gasteiger partial charge in [0.25, 0.3) is 11.6 Å². The molecule has 0 bridgehead atoms. The molecule has 0 atom stereocenters. The summed E-state index contributed by atoms with van der Waals surface area (Å²) in [4.78, 5) is 32.2. The molecule has 35 heavy (non-hydrogen) atoms. The number of fused-ring (bicyclic) bond motifs is 1. The van der Waals surface area contributed by atoms with Crippen LogP contribution in [0.2, 0.25) is 0 Å². The summed E-state index contributed by atoms with van der Waals surface area (Å²) < 4.78 is 26.2. The van der Waals surface area contributed by atoms with Crippen LogP contribution < -0.4 is 10.2 Å². The lowest BCUT2D eigenvalue weighted by Crippen LogP contribution is -2.48. The van der Waals surface area contributed by atoms with Crippen molar-refractivity contribution < 1.29 is 18.1 Å². The molecule has 1 saturated heterocycles. The van der Waals surface area contributed by atoms with E-state index in [-0.39, 0.29) is 16.5 Å². The number of hydrogen-bond donors (Lipinski definition) is 1. The van der Waals surface area contributed by atoms with Crippen LogP contribution in [0.1, 0.15) is 10.4 Å². The third-order valence-electron chi connectivity index (χ3n) is 5.82. The van der Waals surface area contributed by atoms with Crippen LogP contribution in [0.3, 0.4) is 0 Å². The summed E-state index contributed by atoms with van der Waals surface area (Å²) in [5.74, 6) is -0.249. The van der Waals surface area contributed by atoms with E-state index < -0.39 is 14.9 Å². The number of thiazole rings is 1. The molecule has 2 aromatic carbocycles. The van der Waals surface area contributed by atoms with Crippen LogP contribution >= 0.6 is 11.3 Å². The lowest BCUT2D eigenvalue weighted by Gasteiger charge is -2.34. The molecule has 11 nitrogen and oxygen atoms in total. The number of nitro groups is 1. The maximum Gasteiger partial charge on any atom is 0.270 e. The van der Waals surface area contributed by atoms with Gasteiger partial charge in [0.15, 0.2) is 5.13 Å². The zero-order valence-corrected chi connectivity index (χ0v) is 21.0. The summed E-state index contributed by atoms with van der Waals surface area (Å²) >= 11 is 1.45. The molecular formula is C22H26N6O5S2. The number of carbonyl (C=O) groups is 1. The first-order valence-corrected chi connectivity index (χ1v) is 13.2. The maximum atomic E-state index is 12.4. The van der Waals surface area contributed by atoms with Crippen molar-refractivity contribution in [1.82, 2.24) is 19.5 Å². The lowest BCUT2D eigenvalue weighted by molar-refractivity contribution is -0.384. The molecule has 2 heterocycles. The van der Waals surface area contributed by atoms with Crippen LogP contribution in [0.15, 0.2) is 47.4 Å². The van der Waals surface area contributed by atoms with Gasteiger partial charge in [-0.1, -0.05) is 11.3 Å². The standard InChI is InChI=1S/C22H26N6O5S2/c1-25(2)35(32,33)18-6-3-16(4-7-18)21(29)23-9-10-26-11-13-27(14-12-26)22-24-19-8-5-17(28(30)31)15-20(19)34-22/h3-8,15H,9-14H2,1-2H3,(H,23,29). The normalized spacial score (nSPS) is 15.0. The van der Waals surface area contributed by atoms with Crippen molar-refractivity contribution in [2.24, 2.45) is 0 Å². The van der Waals surface area contributed by atoms with Gasteiger partial charge in [-0.3, -0.25) is 19.8 Å². The van der Waals surface area contributed by atoms with Gasteiger partial charge in [0.2, 0.25) is 10.0 Å². The van der Waals surface area contributed by atoms with Crippen LogP contribution in [-0.2, 0) is 10.0 Å². The number of rotatable bonds is 8. The Hall–Kier alpha value is -3.13. The Labute approximate surface area is 207 Å². The van der Waals surface area contributed by atoms with E-state index in [0.717, 1.165) is 45.8 Å². The average molecular weight is 519 g/mol. The van der Waals surface area contributed by atoms with E-state index in [1.165, 1.54) is 55.8 Å². The molecule has 0 spiro atoms. The lowest BCUT2D eigenvalue weighted by atomic mass is 10.2. The highest BCUT2D eigenvalue weighted by atomic mass is 32.2. The molecule has 4 rings (SSSR count). The fraction of sp³-hybridized carbons (Fsp3) is 0.364. The quantitative estimate of drug-likeness (QED) is 0.354. The van der Waals surface area contributed by atoms with Gasteiger partial charge in [-0.15, -0.1) is 0 Å². The Bertz CT molecular complexity index is 1330. The minimum atomic E-state index is -3.53. The number of benzene rings is 2. The van der Waals surface area contributed by atoms with Gasteiger partial charge >= 0.3 is 0 Å². The smallest absolute Gasteiger partial charge is 0.270 e. The highest BCUT2D eigenvalue weighted by molar-refractivity contribution is 7.89. The largest absolute Gasteiger partial charge is 0.351 e. The topological polar surface area (TPSA) is 129 Å². The van der Waals surface area contributed by atoms with Gasteiger partial charge in [0.05, 0.1) is 20.0 Å². The number of hydrogen-bond acceptors (Lipinski definition) is 9. The predicted molar refractivity (Wildman–Crippen MR) is 135 cm³/mol. The molecule has 0 unspecified atom stereocenters. The number of sulfonamides is 1. The van der Waals surface area contributed by atoms with Crippen LogP contribution in [0, 0.1) is 10.1 Å². The first-order chi connectivity index (χ1) is 16.6. The minimum Gasteiger partial charge on any atom is -0.351 e. The third-order valence-corrected chi connectivity index (χ3v) is 8.73. The van der Waals surface area contributed by atoms with Crippen LogP contribution in [-0.4, -0.2) is 86.8 Å². The van der Waals surface area contributed by atoms with E-state index in [9.17, 15) is 23.3 Å². The molecule has 0 radical (unpaired) electrons. The summed E-state index contributed by atoms with van der Waals surface area (Å²) in [6, 6.07) is 10.6. The van der Waals surface area contributed by atoms with Gasteiger partial charge in [0.1, 0.15) is 0 Å². The number of aromatic nitrogens is 1. The van der Waals surface area contributed by atoms with Gasteiger partial charge < -0.3 is 10.2 Å². The van der Waals surface area contributed by atoms with Gasteiger partial charge in [-0.05, 0) is 30.3 Å². The zero-order chi connectivity index (χ0) is 25.2. The summed E-state index contributed by atoms with van der Waals surface area (Å²) in [6.07, 6.45) is 0. The summed E-state index contributed by atoms with van der Waals surface area (Å²) in [5.41, 5.74) is 1.23. The van der Waals surface area contributed by atoms with Crippen molar-refractivity contribution in [2.45, 2.75) is 4.90 Å². The molecule has 1 aliphatic heterocycles. The van der Waals surface area contributed by atoms with E-state index in [1.54, 1.807) is 12.1 Å². The Balaban J connectivity index is 1.25. The number of nitro benzene ring substituents is 1. The molecule has 1 fully saturated rings. The molecule has 1 amide bonds. The van der Waals surface area contributed by atoms with E-state index in [2.05, 4.69) is 20.1 Å². The molecule has 1 aromatic heterocycles. The second kappa shape index (κ2) is 10.2.